The smallest absolute Gasteiger partial charge is 0.130 e. The Kier molecular flexibility index (Phi) is 4.47. The van der Waals surface area contributed by atoms with Gasteiger partial charge in [0.1, 0.15) is 5.78 Å². The summed E-state index contributed by atoms with van der Waals surface area (Å²) in [5.74, 6) is 0.718. The molecule has 0 fully saturated rings. The van der Waals surface area contributed by atoms with Crippen molar-refractivity contribution in [1.82, 2.24) is 0 Å². The normalized spacial score (nSPS) is 12.5. The summed E-state index contributed by atoms with van der Waals surface area (Å²) < 4.78 is 0. The molecule has 0 aliphatic rings. The van der Waals surface area contributed by atoms with Crippen LogP contribution >= 0.6 is 9.24 Å². The number of benzene rings is 1. The van der Waals surface area contributed by atoms with E-state index in [1.54, 1.807) is 6.92 Å². The molecular weight excluding hydrogens is 203 g/mol. The van der Waals surface area contributed by atoms with Crippen LogP contribution in [0.25, 0.3) is 0 Å². The molecule has 0 aliphatic carbocycles. The van der Waals surface area contributed by atoms with Crippen LogP contribution < -0.4 is 5.30 Å². The van der Waals surface area contributed by atoms with Crippen molar-refractivity contribution in [3.63, 3.8) is 0 Å². The van der Waals surface area contributed by atoms with E-state index < -0.39 is 0 Å². The fraction of sp³-hybridized carbons (Fsp3) is 0.462. The molecule has 0 amide bonds. The van der Waals surface area contributed by atoms with E-state index in [4.69, 9.17) is 0 Å². The van der Waals surface area contributed by atoms with Gasteiger partial charge in [0.05, 0.1) is 0 Å². The molecule has 0 spiro atoms. The lowest BCUT2D eigenvalue weighted by molar-refractivity contribution is -0.117. The Bertz CT molecular complexity index is 337. The Morgan fingerprint density at radius 2 is 2.07 bits per heavy atom. The first-order chi connectivity index (χ1) is 6.97. The molecule has 0 bridgehead atoms. The Balaban J connectivity index is 2.67. The molecule has 15 heavy (non-hydrogen) atoms. The van der Waals surface area contributed by atoms with Crippen molar-refractivity contribution in [2.45, 2.75) is 33.6 Å². The number of aryl methyl sites for hydroxylation is 1. The summed E-state index contributed by atoms with van der Waals surface area (Å²) in [6.07, 6.45) is 1.67. The van der Waals surface area contributed by atoms with E-state index in [0.717, 1.165) is 6.42 Å². The zero-order valence-corrected chi connectivity index (χ0v) is 10.9. The number of hydrogen-bond donors (Lipinski definition) is 0. The molecule has 2 heteroatoms. The van der Waals surface area contributed by atoms with Crippen molar-refractivity contribution in [2.24, 2.45) is 5.92 Å². The average molecular weight is 222 g/mol. The molecule has 0 aromatic heterocycles. The average Bonchev–Trinajstić information content (AvgIpc) is 1.98. The van der Waals surface area contributed by atoms with E-state index >= 15 is 0 Å². The van der Waals surface area contributed by atoms with Crippen molar-refractivity contribution >= 4 is 20.3 Å². The number of ketones is 1. The van der Waals surface area contributed by atoms with Crippen molar-refractivity contribution in [3.05, 3.63) is 29.3 Å². The molecule has 0 aliphatic heterocycles. The molecule has 0 N–H and O–H groups in total. The lowest BCUT2D eigenvalue weighted by Gasteiger charge is -2.10. The summed E-state index contributed by atoms with van der Waals surface area (Å²) in [5, 5.41) is 1.22. The van der Waals surface area contributed by atoms with Gasteiger partial charge in [0.2, 0.25) is 0 Å². The van der Waals surface area contributed by atoms with E-state index in [9.17, 15) is 4.79 Å². The van der Waals surface area contributed by atoms with Gasteiger partial charge >= 0.3 is 0 Å². The minimum Gasteiger partial charge on any atom is -0.300 e. The van der Waals surface area contributed by atoms with Crippen LogP contribution in [0.3, 0.4) is 0 Å². The van der Waals surface area contributed by atoms with Crippen LogP contribution in [0, 0.1) is 12.8 Å². The highest BCUT2D eigenvalue weighted by atomic mass is 31.0. The van der Waals surface area contributed by atoms with Crippen LogP contribution in [0.4, 0.5) is 0 Å². The van der Waals surface area contributed by atoms with Gasteiger partial charge in [-0.15, -0.1) is 9.24 Å². The van der Waals surface area contributed by atoms with Crippen LogP contribution in [0.5, 0.6) is 0 Å². The topological polar surface area (TPSA) is 17.1 Å². The van der Waals surface area contributed by atoms with E-state index in [1.807, 2.05) is 0 Å². The Labute approximate surface area is 94.5 Å². The molecule has 1 nitrogen and oxygen atoms in total. The predicted molar refractivity (Wildman–Crippen MR) is 68.7 cm³/mol. The van der Waals surface area contributed by atoms with Crippen molar-refractivity contribution in [1.29, 1.82) is 0 Å². The molecular formula is C13H19OP. The van der Waals surface area contributed by atoms with Gasteiger partial charge in [0.15, 0.2) is 0 Å². The quantitative estimate of drug-likeness (QED) is 0.716. The third kappa shape index (κ3) is 4.57. The summed E-state index contributed by atoms with van der Waals surface area (Å²) in [6, 6.07) is 6.52. The summed E-state index contributed by atoms with van der Waals surface area (Å²) in [4.78, 5) is 11.0. The zero-order chi connectivity index (χ0) is 11.4. The van der Waals surface area contributed by atoms with Gasteiger partial charge in [-0.3, -0.25) is 0 Å². The second kappa shape index (κ2) is 5.42. The van der Waals surface area contributed by atoms with Crippen LogP contribution in [-0.2, 0) is 11.2 Å². The number of rotatable bonds is 4. The molecule has 1 aromatic rings. The van der Waals surface area contributed by atoms with Gasteiger partial charge < -0.3 is 4.79 Å². The van der Waals surface area contributed by atoms with E-state index in [1.165, 1.54) is 16.4 Å². The molecule has 0 saturated heterocycles. The van der Waals surface area contributed by atoms with Crippen molar-refractivity contribution < 1.29 is 4.79 Å². The van der Waals surface area contributed by atoms with E-state index in [2.05, 4.69) is 41.3 Å². The molecule has 2 atom stereocenters. The number of carbonyl (C=O) groups excluding carboxylic acids is 1. The standard InChI is InChI=1S/C13H19OP/c1-9(4-11(3)14)5-12-6-10(2)7-13(15)8-12/h6-9H,4-5,15H2,1-3H3/t9-/m1/s1. The molecule has 1 rings (SSSR count). The summed E-state index contributed by atoms with van der Waals surface area (Å²) >= 11 is 0. The van der Waals surface area contributed by atoms with Crippen LogP contribution in [-0.4, -0.2) is 5.78 Å². The van der Waals surface area contributed by atoms with E-state index in [-0.39, 0.29) is 5.78 Å². The van der Waals surface area contributed by atoms with Crippen LogP contribution in [0.15, 0.2) is 18.2 Å². The first-order valence-corrected chi connectivity index (χ1v) is 5.90. The molecule has 0 saturated carbocycles. The number of hydrogen-bond acceptors (Lipinski definition) is 1. The van der Waals surface area contributed by atoms with Gasteiger partial charge in [-0.25, -0.2) is 0 Å². The Morgan fingerprint density at radius 3 is 2.60 bits per heavy atom. The van der Waals surface area contributed by atoms with Gasteiger partial charge in [-0.05, 0) is 37.1 Å². The molecule has 1 aromatic carbocycles. The second-order valence-corrected chi connectivity index (χ2v) is 5.13. The lowest BCUT2D eigenvalue weighted by atomic mass is 9.96. The molecule has 1 unspecified atom stereocenters. The van der Waals surface area contributed by atoms with Gasteiger partial charge in [-0.1, -0.05) is 30.7 Å². The maximum atomic E-state index is 11.0. The summed E-state index contributed by atoms with van der Waals surface area (Å²) in [5.41, 5.74) is 2.61. The first kappa shape index (κ1) is 12.4. The van der Waals surface area contributed by atoms with E-state index in [0.29, 0.717) is 12.3 Å². The SMILES string of the molecule is CC(=O)C[C@@H](C)Cc1cc(C)cc(P)c1. The Hall–Kier alpha value is -0.680. The fourth-order valence-corrected chi connectivity index (χ4v) is 2.45. The minimum atomic E-state index is 0.279. The Morgan fingerprint density at radius 1 is 1.40 bits per heavy atom. The maximum absolute atomic E-state index is 11.0. The highest BCUT2D eigenvalue weighted by Crippen LogP contribution is 2.13. The van der Waals surface area contributed by atoms with Gasteiger partial charge in [0, 0.05) is 6.42 Å². The predicted octanol–water partition coefficient (Wildman–Crippen LogP) is 2.65. The molecule has 0 radical (unpaired) electrons. The van der Waals surface area contributed by atoms with Crippen LogP contribution in [0.1, 0.15) is 31.4 Å². The maximum Gasteiger partial charge on any atom is 0.130 e. The summed E-state index contributed by atoms with van der Waals surface area (Å²) in [6.45, 7) is 5.90. The fourth-order valence-electron chi connectivity index (χ4n) is 1.98. The third-order valence-electron chi connectivity index (χ3n) is 2.38. The second-order valence-electron chi connectivity index (χ2n) is 4.47. The number of Topliss-reactive ketones (excluding diaryl/α,β-unsaturated/α-hetero) is 1. The lowest BCUT2D eigenvalue weighted by Crippen LogP contribution is -2.06. The third-order valence-corrected chi connectivity index (χ3v) is 2.71. The largest absolute Gasteiger partial charge is 0.300 e. The summed E-state index contributed by atoms with van der Waals surface area (Å²) in [7, 11) is 2.73. The monoisotopic (exact) mass is 222 g/mol. The van der Waals surface area contributed by atoms with Crippen molar-refractivity contribution in [3.8, 4) is 0 Å². The van der Waals surface area contributed by atoms with Gasteiger partial charge in [-0.2, -0.15) is 0 Å². The highest BCUT2D eigenvalue weighted by molar-refractivity contribution is 7.27. The molecule has 82 valence electrons. The highest BCUT2D eigenvalue weighted by Gasteiger charge is 2.07. The van der Waals surface area contributed by atoms with Gasteiger partial charge in [0.25, 0.3) is 0 Å². The van der Waals surface area contributed by atoms with Crippen LogP contribution in [0.2, 0.25) is 0 Å². The number of carbonyl (C=O) groups is 1. The minimum absolute atomic E-state index is 0.279. The molecule has 0 heterocycles. The first-order valence-electron chi connectivity index (χ1n) is 5.33. The van der Waals surface area contributed by atoms with Crippen molar-refractivity contribution in [2.75, 3.05) is 0 Å². The zero-order valence-electron chi connectivity index (χ0n) is 9.71.